The lowest BCUT2D eigenvalue weighted by atomic mass is 9.98. The number of hydrogen-bond acceptors (Lipinski definition) is 5. The van der Waals surface area contributed by atoms with Crippen LogP contribution < -0.4 is 15.4 Å². The summed E-state index contributed by atoms with van der Waals surface area (Å²) in [7, 11) is 5.57. The van der Waals surface area contributed by atoms with Gasteiger partial charge in [0.25, 0.3) is 5.91 Å². The van der Waals surface area contributed by atoms with Crippen molar-refractivity contribution in [3.05, 3.63) is 65.4 Å². The molecule has 0 saturated heterocycles. The number of nitrogens with one attached hydrogen (secondary N) is 2. The van der Waals surface area contributed by atoms with Crippen LogP contribution in [0.1, 0.15) is 18.9 Å². The lowest BCUT2D eigenvalue weighted by Gasteiger charge is -2.11. The van der Waals surface area contributed by atoms with E-state index < -0.39 is 0 Å². The summed E-state index contributed by atoms with van der Waals surface area (Å²) in [6, 6.07) is 13.6. The predicted molar refractivity (Wildman–Crippen MR) is 131 cm³/mol. The summed E-state index contributed by atoms with van der Waals surface area (Å²) in [5, 5.41) is 5.89. The molecule has 2 aliphatic heterocycles. The number of fused-ring (bicyclic) bond motifs is 1. The number of para-hydroxylation sites is 1. The third-order valence-electron chi connectivity index (χ3n) is 5.76. The van der Waals surface area contributed by atoms with Gasteiger partial charge in [0.1, 0.15) is 5.75 Å². The van der Waals surface area contributed by atoms with Crippen LogP contribution in [0.15, 0.2) is 64.8 Å². The Morgan fingerprint density at radius 1 is 1.21 bits per heavy atom. The lowest BCUT2D eigenvalue weighted by molar-refractivity contribution is -0.117. The summed E-state index contributed by atoms with van der Waals surface area (Å²) in [4.78, 5) is 31.8. The highest BCUT2D eigenvalue weighted by molar-refractivity contribution is 6.35. The smallest absolute Gasteiger partial charge is 0.256 e. The zero-order valence-corrected chi connectivity index (χ0v) is 19.4. The van der Waals surface area contributed by atoms with Crippen LogP contribution in [0, 0.1) is 0 Å². The summed E-state index contributed by atoms with van der Waals surface area (Å²) in [6.07, 6.45) is 2.19. The SMILES string of the molecule is COc1ccccc1-c1ccc2c(c1)NC(=O)C2=CC1=NC(C)=C(C(=O)NCCN(C)C)C1. The van der Waals surface area contributed by atoms with E-state index in [1.54, 1.807) is 13.2 Å². The Morgan fingerprint density at radius 3 is 2.76 bits per heavy atom. The van der Waals surface area contributed by atoms with E-state index in [1.165, 1.54) is 0 Å². The fraction of sp³-hybridized carbons (Fsp3) is 0.269. The first-order chi connectivity index (χ1) is 15.9. The van der Waals surface area contributed by atoms with Gasteiger partial charge < -0.3 is 20.3 Å². The molecular formula is C26H28N4O3. The third kappa shape index (κ3) is 4.73. The number of methoxy groups -OCH3 is 1. The minimum absolute atomic E-state index is 0.107. The molecule has 0 radical (unpaired) electrons. The molecule has 33 heavy (non-hydrogen) atoms. The van der Waals surface area contributed by atoms with Gasteiger partial charge in [-0.05, 0) is 44.8 Å². The van der Waals surface area contributed by atoms with Crippen LogP contribution in [0.3, 0.4) is 0 Å². The molecule has 7 heteroatoms. The predicted octanol–water partition coefficient (Wildman–Crippen LogP) is 3.49. The molecule has 2 heterocycles. The van der Waals surface area contributed by atoms with Crippen LogP contribution in [0.5, 0.6) is 5.75 Å². The molecule has 0 saturated carbocycles. The number of likely N-dealkylation sites (N-methyl/N-ethyl adjacent to an activating group) is 1. The number of ether oxygens (including phenoxy) is 1. The van der Waals surface area contributed by atoms with E-state index >= 15 is 0 Å². The van der Waals surface area contributed by atoms with Gasteiger partial charge >= 0.3 is 0 Å². The van der Waals surface area contributed by atoms with E-state index in [0.717, 1.165) is 34.7 Å². The quantitative estimate of drug-likeness (QED) is 0.641. The normalized spacial score (nSPS) is 16.2. The Kier molecular flexibility index (Phi) is 6.42. The molecule has 4 rings (SSSR count). The molecule has 2 amide bonds. The highest BCUT2D eigenvalue weighted by atomic mass is 16.5. The molecule has 2 aliphatic rings. The van der Waals surface area contributed by atoms with Crippen LogP contribution >= 0.6 is 0 Å². The maximum Gasteiger partial charge on any atom is 0.256 e. The third-order valence-corrected chi connectivity index (χ3v) is 5.76. The second-order valence-corrected chi connectivity index (χ2v) is 8.38. The first-order valence-electron chi connectivity index (χ1n) is 10.9. The number of rotatable bonds is 7. The minimum Gasteiger partial charge on any atom is -0.496 e. The van der Waals surface area contributed by atoms with Crippen molar-refractivity contribution in [1.82, 2.24) is 10.2 Å². The van der Waals surface area contributed by atoms with Crippen molar-refractivity contribution in [1.29, 1.82) is 0 Å². The van der Waals surface area contributed by atoms with Crippen molar-refractivity contribution in [2.45, 2.75) is 13.3 Å². The molecule has 2 N–H and O–H groups in total. The summed E-state index contributed by atoms with van der Waals surface area (Å²) in [5.74, 6) is 0.492. The zero-order valence-electron chi connectivity index (χ0n) is 19.4. The van der Waals surface area contributed by atoms with Gasteiger partial charge in [-0.25, -0.2) is 0 Å². The molecule has 0 fully saturated rings. The van der Waals surface area contributed by atoms with Gasteiger partial charge in [0, 0.05) is 53.3 Å². The molecule has 170 valence electrons. The van der Waals surface area contributed by atoms with Crippen molar-refractivity contribution >= 4 is 28.8 Å². The van der Waals surface area contributed by atoms with Crippen molar-refractivity contribution in [2.75, 3.05) is 39.6 Å². The van der Waals surface area contributed by atoms with Gasteiger partial charge in [-0.15, -0.1) is 0 Å². The summed E-state index contributed by atoms with van der Waals surface area (Å²) in [5.41, 5.74) is 6.08. The van der Waals surface area contributed by atoms with E-state index in [1.807, 2.05) is 68.4 Å². The van der Waals surface area contributed by atoms with Gasteiger partial charge in [0.15, 0.2) is 0 Å². The van der Waals surface area contributed by atoms with Crippen molar-refractivity contribution < 1.29 is 14.3 Å². The average molecular weight is 445 g/mol. The molecule has 0 aliphatic carbocycles. The van der Waals surface area contributed by atoms with Gasteiger partial charge in [-0.2, -0.15) is 0 Å². The summed E-state index contributed by atoms with van der Waals surface area (Å²) < 4.78 is 5.47. The molecule has 0 aromatic heterocycles. The highest BCUT2D eigenvalue weighted by Gasteiger charge is 2.27. The van der Waals surface area contributed by atoms with E-state index in [-0.39, 0.29) is 11.8 Å². The van der Waals surface area contributed by atoms with Crippen LogP contribution in [0.2, 0.25) is 0 Å². The Hall–Kier alpha value is -3.71. The summed E-state index contributed by atoms with van der Waals surface area (Å²) in [6.45, 7) is 3.17. The van der Waals surface area contributed by atoms with Gasteiger partial charge in [-0.1, -0.05) is 30.3 Å². The van der Waals surface area contributed by atoms with Crippen molar-refractivity contribution in [3.63, 3.8) is 0 Å². The average Bonchev–Trinajstić information content (AvgIpc) is 3.32. The van der Waals surface area contributed by atoms with Crippen molar-refractivity contribution in [3.8, 4) is 16.9 Å². The fourth-order valence-electron chi connectivity index (χ4n) is 4.01. The topological polar surface area (TPSA) is 83.0 Å². The number of anilines is 1. The number of benzene rings is 2. The second kappa shape index (κ2) is 9.42. The number of hydrogen-bond donors (Lipinski definition) is 2. The van der Waals surface area contributed by atoms with Gasteiger partial charge in [0.2, 0.25) is 5.91 Å². The van der Waals surface area contributed by atoms with Gasteiger partial charge in [0.05, 0.1) is 12.7 Å². The van der Waals surface area contributed by atoms with E-state index in [2.05, 4.69) is 15.6 Å². The molecular weight excluding hydrogens is 416 g/mol. The molecule has 2 aromatic carbocycles. The number of aliphatic imine (C=N–C) groups is 1. The minimum atomic E-state index is -0.175. The van der Waals surface area contributed by atoms with E-state index in [9.17, 15) is 9.59 Å². The Morgan fingerprint density at radius 2 is 2.00 bits per heavy atom. The largest absolute Gasteiger partial charge is 0.496 e. The second-order valence-electron chi connectivity index (χ2n) is 8.38. The van der Waals surface area contributed by atoms with Crippen LogP contribution in [0.4, 0.5) is 5.69 Å². The van der Waals surface area contributed by atoms with Crippen molar-refractivity contribution in [2.24, 2.45) is 4.99 Å². The van der Waals surface area contributed by atoms with Crippen LogP contribution in [0.25, 0.3) is 16.7 Å². The number of amides is 2. The Labute approximate surface area is 193 Å². The van der Waals surface area contributed by atoms with E-state index in [0.29, 0.717) is 35.5 Å². The molecule has 0 unspecified atom stereocenters. The first-order valence-corrected chi connectivity index (χ1v) is 10.9. The molecule has 2 aromatic rings. The maximum atomic E-state index is 12.7. The van der Waals surface area contributed by atoms with E-state index in [4.69, 9.17) is 4.74 Å². The monoisotopic (exact) mass is 444 g/mol. The maximum absolute atomic E-state index is 12.7. The number of allylic oxidation sites excluding steroid dienone is 2. The Bertz CT molecular complexity index is 1210. The lowest BCUT2D eigenvalue weighted by Crippen LogP contribution is -2.32. The number of carbonyl (C=O) groups excluding carboxylic acids is 2. The number of nitrogens with zero attached hydrogens (tertiary/aromatic N) is 2. The molecule has 0 atom stereocenters. The van der Waals surface area contributed by atoms with Crippen LogP contribution in [-0.4, -0.2) is 56.7 Å². The molecule has 0 spiro atoms. The Balaban J connectivity index is 1.53. The highest BCUT2D eigenvalue weighted by Crippen LogP contribution is 2.38. The first kappa shape index (κ1) is 22.5. The zero-order chi connectivity index (χ0) is 23.5. The molecule has 7 nitrogen and oxygen atoms in total. The fourth-order valence-corrected chi connectivity index (χ4v) is 4.01. The number of carbonyl (C=O) groups is 2. The molecule has 0 bridgehead atoms. The standard InChI is InChI=1S/C26H28N4O3/c1-16-21(25(31)27-11-12-30(2)3)14-18(28-16)15-22-20-10-9-17(13-23(20)29-26(22)32)19-7-5-6-8-24(19)33-4/h5-10,13,15H,11-12,14H2,1-4H3,(H,27,31)(H,29,32). The van der Waals surface area contributed by atoms with Gasteiger partial charge in [-0.3, -0.25) is 14.6 Å². The summed E-state index contributed by atoms with van der Waals surface area (Å²) >= 11 is 0. The van der Waals surface area contributed by atoms with Crippen LogP contribution in [-0.2, 0) is 9.59 Å².